The highest BCUT2D eigenvalue weighted by molar-refractivity contribution is 8.00. The van der Waals surface area contributed by atoms with E-state index in [1.807, 2.05) is 54.3 Å². The SMILES string of the molecule is CCc1ccc(-n2c(SC(C)C(=O)N3CCCC3)nc3ccccc3c2=O)cc1. The zero-order chi connectivity index (χ0) is 20.4. The molecule has 1 fully saturated rings. The summed E-state index contributed by atoms with van der Waals surface area (Å²) in [7, 11) is 0. The molecule has 0 N–H and O–H groups in total. The van der Waals surface area contributed by atoms with Crippen molar-refractivity contribution in [1.29, 1.82) is 0 Å². The van der Waals surface area contributed by atoms with Crippen molar-refractivity contribution < 1.29 is 4.79 Å². The molecule has 29 heavy (non-hydrogen) atoms. The van der Waals surface area contributed by atoms with E-state index in [1.54, 1.807) is 10.6 Å². The summed E-state index contributed by atoms with van der Waals surface area (Å²) in [5, 5.41) is 0.829. The molecule has 1 aliphatic heterocycles. The van der Waals surface area contributed by atoms with Gasteiger partial charge < -0.3 is 4.90 Å². The summed E-state index contributed by atoms with van der Waals surface area (Å²) in [5.74, 6) is 0.114. The van der Waals surface area contributed by atoms with Gasteiger partial charge in [0.05, 0.1) is 21.8 Å². The molecule has 1 amide bonds. The number of amides is 1. The van der Waals surface area contributed by atoms with Gasteiger partial charge in [0, 0.05) is 13.1 Å². The average Bonchev–Trinajstić information content (AvgIpc) is 3.28. The molecule has 0 radical (unpaired) electrons. The number of rotatable bonds is 5. The van der Waals surface area contributed by atoms with Crippen LogP contribution in [-0.2, 0) is 11.2 Å². The van der Waals surface area contributed by atoms with Gasteiger partial charge in [-0.25, -0.2) is 4.98 Å². The maximum Gasteiger partial charge on any atom is 0.266 e. The van der Waals surface area contributed by atoms with Crippen LogP contribution in [-0.4, -0.2) is 38.7 Å². The Morgan fingerprint density at radius 1 is 1.10 bits per heavy atom. The lowest BCUT2D eigenvalue weighted by atomic mass is 10.1. The Morgan fingerprint density at radius 2 is 1.79 bits per heavy atom. The first-order chi connectivity index (χ1) is 14.1. The van der Waals surface area contributed by atoms with Gasteiger partial charge in [0.2, 0.25) is 5.91 Å². The van der Waals surface area contributed by atoms with Crippen LogP contribution in [0.5, 0.6) is 0 Å². The van der Waals surface area contributed by atoms with E-state index in [-0.39, 0.29) is 16.7 Å². The van der Waals surface area contributed by atoms with Crippen LogP contribution < -0.4 is 5.56 Å². The van der Waals surface area contributed by atoms with Crippen LogP contribution in [0.3, 0.4) is 0 Å². The van der Waals surface area contributed by atoms with Crippen molar-refractivity contribution in [2.45, 2.75) is 43.5 Å². The molecule has 4 rings (SSSR count). The van der Waals surface area contributed by atoms with Crippen LogP contribution in [0.15, 0.2) is 58.5 Å². The molecule has 6 heteroatoms. The number of thioether (sulfide) groups is 1. The predicted octanol–water partition coefficient (Wildman–Crippen LogP) is 4.05. The highest BCUT2D eigenvalue weighted by atomic mass is 32.2. The molecule has 0 saturated carbocycles. The molecular weight excluding hydrogens is 382 g/mol. The molecule has 5 nitrogen and oxygen atoms in total. The topological polar surface area (TPSA) is 55.2 Å². The minimum absolute atomic E-state index is 0.108. The molecule has 0 bridgehead atoms. The number of benzene rings is 2. The second kappa shape index (κ2) is 8.41. The third kappa shape index (κ3) is 3.94. The van der Waals surface area contributed by atoms with Crippen LogP contribution in [0.1, 0.15) is 32.3 Å². The second-order valence-electron chi connectivity index (χ2n) is 7.36. The van der Waals surface area contributed by atoms with Gasteiger partial charge in [-0.05, 0) is 56.0 Å². The Morgan fingerprint density at radius 3 is 2.48 bits per heavy atom. The molecular formula is C23H25N3O2S. The summed E-state index contributed by atoms with van der Waals surface area (Å²) in [6.07, 6.45) is 3.06. The highest BCUT2D eigenvalue weighted by Crippen LogP contribution is 2.27. The van der Waals surface area contributed by atoms with Gasteiger partial charge >= 0.3 is 0 Å². The first kappa shape index (κ1) is 19.7. The van der Waals surface area contributed by atoms with Crippen LogP contribution in [0, 0.1) is 0 Å². The number of hydrogen-bond donors (Lipinski definition) is 0. The van der Waals surface area contributed by atoms with Crippen molar-refractivity contribution in [3.63, 3.8) is 0 Å². The third-order valence-electron chi connectivity index (χ3n) is 5.40. The van der Waals surface area contributed by atoms with Gasteiger partial charge in [0.25, 0.3) is 5.56 Å². The minimum atomic E-state index is -0.303. The smallest absolute Gasteiger partial charge is 0.266 e. The summed E-state index contributed by atoms with van der Waals surface area (Å²) in [6.45, 7) is 5.64. The van der Waals surface area contributed by atoms with Crippen molar-refractivity contribution in [2.75, 3.05) is 13.1 Å². The zero-order valence-corrected chi connectivity index (χ0v) is 17.6. The van der Waals surface area contributed by atoms with E-state index in [4.69, 9.17) is 4.98 Å². The van der Waals surface area contributed by atoms with Gasteiger partial charge in [0.1, 0.15) is 0 Å². The second-order valence-corrected chi connectivity index (χ2v) is 8.67. The first-order valence-electron chi connectivity index (χ1n) is 10.1. The van der Waals surface area contributed by atoms with Crippen LogP contribution in [0.25, 0.3) is 16.6 Å². The average molecular weight is 408 g/mol. The van der Waals surface area contributed by atoms with E-state index in [1.165, 1.54) is 17.3 Å². The van der Waals surface area contributed by atoms with Crippen LogP contribution >= 0.6 is 11.8 Å². The Balaban J connectivity index is 1.78. The predicted molar refractivity (Wildman–Crippen MR) is 118 cm³/mol. The number of carbonyl (C=O) groups excluding carboxylic acids is 1. The normalized spacial score (nSPS) is 15.0. The number of para-hydroxylation sites is 1. The maximum absolute atomic E-state index is 13.3. The number of aryl methyl sites for hydroxylation is 1. The molecule has 1 atom stereocenters. The van der Waals surface area contributed by atoms with Gasteiger partial charge in [-0.2, -0.15) is 0 Å². The van der Waals surface area contributed by atoms with Crippen molar-refractivity contribution in [3.8, 4) is 5.69 Å². The van der Waals surface area contributed by atoms with E-state index in [9.17, 15) is 9.59 Å². The van der Waals surface area contributed by atoms with Crippen LogP contribution in [0.4, 0.5) is 0 Å². The minimum Gasteiger partial charge on any atom is -0.342 e. The Bertz CT molecular complexity index is 1090. The number of likely N-dealkylation sites (tertiary alicyclic amines) is 1. The first-order valence-corrected chi connectivity index (χ1v) is 11.0. The Labute approximate surface area is 174 Å². The summed E-state index contributed by atoms with van der Waals surface area (Å²) in [6, 6.07) is 15.3. The number of fused-ring (bicyclic) bond motifs is 1. The Kier molecular flexibility index (Phi) is 5.72. The lowest BCUT2D eigenvalue weighted by molar-refractivity contribution is -0.129. The van der Waals surface area contributed by atoms with Gasteiger partial charge in [-0.3, -0.25) is 14.2 Å². The monoisotopic (exact) mass is 407 g/mol. The fraction of sp³-hybridized carbons (Fsp3) is 0.348. The van der Waals surface area contributed by atoms with Crippen molar-refractivity contribution in [2.24, 2.45) is 0 Å². The highest BCUT2D eigenvalue weighted by Gasteiger charge is 2.26. The zero-order valence-electron chi connectivity index (χ0n) is 16.8. The number of nitrogens with zero attached hydrogens (tertiary/aromatic N) is 3. The summed E-state index contributed by atoms with van der Waals surface area (Å²) in [5.41, 5.74) is 2.53. The molecule has 1 aromatic heterocycles. The maximum atomic E-state index is 13.3. The van der Waals surface area contributed by atoms with E-state index in [2.05, 4.69) is 6.92 Å². The molecule has 1 saturated heterocycles. The van der Waals surface area contributed by atoms with Gasteiger partial charge in [0.15, 0.2) is 5.16 Å². The molecule has 3 aromatic rings. The third-order valence-corrected chi connectivity index (χ3v) is 6.44. The quantitative estimate of drug-likeness (QED) is 0.473. The lowest BCUT2D eigenvalue weighted by Gasteiger charge is -2.21. The number of aromatic nitrogens is 2. The van der Waals surface area contributed by atoms with E-state index in [0.29, 0.717) is 16.1 Å². The van der Waals surface area contributed by atoms with Crippen molar-refractivity contribution in [1.82, 2.24) is 14.5 Å². The summed E-state index contributed by atoms with van der Waals surface area (Å²) < 4.78 is 1.64. The fourth-order valence-corrected chi connectivity index (χ4v) is 4.71. The molecule has 2 aromatic carbocycles. The lowest BCUT2D eigenvalue weighted by Crippen LogP contribution is -2.34. The molecule has 0 aliphatic carbocycles. The summed E-state index contributed by atoms with van der Waals surface area (Å²) in [4.78, 5) is 32.8. The van der Waals surface area contributed by atoms with E-state index >= 15 is 0 Å². The van der Waals surface area contributed by atoms with Gasteiger partial charge in [-0.15, -0.1) is 0 Å². The van der Waals surface area contributed by atoms with Gasteiger partial charge in [-0.1, -0.05) is 43.0 Å². The van der Waals surface area contributed by atoms with E-state index in [0.717, 1.165) is 38.0 Å². The molecule has 1 aliphatic rings. The number of carbonyl (C=O) groups is 1. The standard InChI is InChI=1S/C23H25N3O2S/c1-3-17-10-12-18(13-11-17)26-22(28)19-8-4-5-9-20(19)24-23(26)29-16(2)21(27)25-14-6-7-15-25/h4-5,8-13,16H,3,6-7,14-15H2,1-2H3. The van der Waals surface area contributed by atoms with E-state index < -0.39 is 0 Å². The molecule has 0 spiro atoms. The molecule has 1 unspecified atom stereocenters. The fourth-order valence-electron chi connectivity index (χ4n) is 3.70. The molecule has 2 heterocycles. The van der Waals surface area contributed by atoms with Crippen molar-refractivity contribution in [3.05, 3.63) is 64.4 Å². The molecule has 150 valence electrons. The van der Waals surface area contributed by atoms with Crippen LogP contribution in [0.2, 0.25) is 0 Å². The Hall–Kier alpha value is -2.60. The van der Waals surface area contributed by atoms with Crippen molar-refractivity contribution >= 4 is 28.6 Å². The largest absolute Gasteiger partial charge is 0.342 e. The number of hydrogen-bond acceptors (Lipinski definition) is 4. The summed E-state index contributed by atoms with van der Waals surface area (Å²) >= 11 is 1.36.